The summed E-state index contributed by atoms with van der Waals surface area (Å²) in [6.45, 7) is 0. The highest BCUT2D eigenvalue weighted by atomic mass is 79.9. The molecule has 2 aromatic rings. The summed E-state index contributed by atoms with van der Waals surface area (Å²) >= 11 is 4.49. The molecule has 2 rings (SSSR count). The maximum Gasteiger partial charge on any atom is 0.256 e. The van der Waals surface area contributed by atoms with Crippen molar-refractivity contribution in [1.82, 2.24) is 0 Å². The van der Waals surface area contributed by atoms with Crippen molar-refractivity contribution in [2.75, 3.05) is 11.1 Å². The Morgan fingerprint density at radius 1 is 1.26 bits per heavy atom. The second-order valence-electron chi connectivity index (χ2n) is 3.72. The molecule has 0 unspecified atom stereocenters. The fourth-order valence-electron chi connectivity index (χ4n) is 1.44. The molecule has 0 aliphatic heterocycles. The number of anilines is 2. The van der Waals surface area contributed by atoms with Crippen molar-refractivity contribution < 1.29 is 9.59 Å². The normalized spacial score (nSPS) is 10.2. The molecule has 5 nitrogen and oxygen atoms in total. The lowest BCUT2D eigenvalue weighted by atomic mass is 10.2. The number of nitrogens with one attached hydrogen (secondary N) is 1. The van der Waals surface area contributed by atoms with E-state index in [2.05, 4.69) is 21.2 Å². The molecule has 19 heavy (non-hydrogen) atoms. The zero-order valence-electron chi connectivity index (χ0n) is 9.64. The van der Waals surface area contributed by atoms with E-state index in [1.54, 1.807) is 29.6 Å². The molecule has 0 aliphatic carbocycles. The molecule has 1 aromatic heterocycles. The Bertz CT molecular complexity index is 654. The average Bonchev–Trinajstić information content (AvgIpc) is 2.80. The molecule has 0 spiro atoms. The van der Waals surface area contributed by atoms with Crippen LogP contribution in [0.2, 0.25) is 0 Å². The number of carbonyl (C=O) groups is 2. The molecule has 98 valence electrons. The van der Waals surface area contributed by atoms with Crippen LogP contribution in [0.3, 0.4) is 0 Å². The Morgan fingerprint density at radius 2 is 2.00 bits per heavy atom. The molecular weight excluding hydrogens is 330 g/mol. The predicted octanol–water partition coefficient (Wildman–Crippen LogP) is 2.44. The molecule has 0 saturated heterocycles. The minimum atomic E-state index is -0.574. The van der Waals surface area contributed by atoms with Gasteiger partial charge in [0.1, 0.15) is 5.00 Å². The van der Waals surface area contributed by atoms with Crippen molar-refractivity contribution in [1.29, 1.82) is 0 Å². The first-order chi connectivity index (χ1) is 8.99. The van der Waals surface area contributed by atoms with E-state index in [1.807, 2.05) is 0 Å². The number of primary amides is 1. The Hall–Kier alpha value is -1.86. The number of amides is 2. The first-order valence-corrected chi connectivity index (χ1v) is 6.90. The van der Waals surface area contributed by atoms with Gasteiger partial charge < -0.3 is 16.8 Å². The number of nitrogen functional groups attached to an aromatic ring is 1. The Labute approximate surface area is 121 Å². The molecule has 0 radical (unpaired) electrons. The lowest BCUT2D eigenvalue weighted by Crippen LogP contribution is -2.16. The standard InChI is InChI=1S/C12H10BrN3O2S/c13-8-5-6(1-2-9(8)14)11(18)16-12-7(10(15)17)3-4-19-12/h1-5H,14H2,(H2,15,17)(H,16,18). The van der Waals surface area contributed by atoms with Crippen molar-refractivity contribution in [3.8, 4) is 0 Å². The Morgan fingerprint density at radius 3 is 2.63 bits per heavy atom. The van der Waals surface area contributed by atoms with Crippen LogP contribution in [-0.2, 0) is 0 Å². The first-order valence-electron chi connectivity index (χ1n) is 5.22. The van der Waals surface area contributed by atoms with E-state index in [0.29, 0.717) is 26.3 Å². The van der Waals surface area contributed by atoms with E-state index in [0.717, 1.165) is 0 Å². The first kappa shape index (κ1) is 13.6. The topological polar surface area (TPSA) is 98.2 Å². The number of halogens is 1. The number of benzene rings is 1. The molecule has 0 atom stereocenters. The van der Waals surface area contributed by atoms with E-state index in [1.165, 1.54) is 11.3 Å². The van der Waals surface area contributed by atoms with Gasteiger partial charge in [-0.25, -0.2) is 0 Å². The van der Waals surface area contributed by atoms with Gasteiger partial charge in [0.2, 0.25) is 0 Å². The monoisotopic (exact) mass is 339 g/mol. The lowest BCUT2D eigenvalue weighted by molar-refractivity contribution is 0.100. The van der Waals surface area contributed by atoms with Crippen LogP contribution in [0.5, 0.6) is 0 Å². The third kappa shape index (κ3) is 2.94. The van der Waals surface area contributed by atoms with Gasteiger partial charge in [-0.2, -0.15) is 0 Å². The summed E-state index contributed by atoms with van der Waals surface area (Å²) in [4.78, 5) is 23.2. The maximum absolute atomic E-state index is 12.0. The molecular formula is C12H10BrN3O2S. The summed E-state index contributed by atoms with van der Waals surface area (Å²) in [6.07, 6.45) is 0. The Kier molecular flexibility index (Phi) is 3.87. The molecule has 0 fully saturated rings. The highest BCUT2D eigenvalue weighted by Gasteiger charge is 2.14. The van der Waals surface area contributed by atoms with Crippen LogP contribution in [0.15, 0.2) is 34.1 Å². The van der Waals surface area contributed by atoms with Crippen LogP contribution in [0.1, 0.15) is 20.7 Å². The molecule has 7 heteroatoms. The van der Waals surface area contributed by atoms with E-state index >= 15 is 0 Å². The van der Waals surface area contributed by atoms with E-state index in [4.69, 9.17) is 11.5 Å². The maximum atomic E-state index is 12.0. The van der Waals surface area contributed by atoms with Gasteiger partial charge in [0.15, 0.2) is 0 Å². The molecule has 5 N–H and O–H groups in total. The fraction of sp³-hybridized carbons (Fsp3) is 0. The lowest BCUT2D eigenvalue weighted by Gasteiger charge is -2.06. The summed E-state index contributed by atoms with van der Waals surface area (Å²) in [7, 11) is 0. The SMILES string of the molecule is NC(=O)c1ccsc1NC(=O)c1ccc(N)c(Br)c1. The molecule has 1 heterocycles. The van der Waals surface area contributed by atoms with Gasteiger partial charge in [0.05, 0.1) is 5.56 Å². The van der Waals surface area contributed by atoms with Crippen LogP contribution in [0.25, 0.3) is 0 Å². The zero-order valence-corrected chi connectivity index (χ0v) is 12.0. The predicted molar refractivity (Wildman–Crippen MR) is 79.3 cm³/mol. The second-order valence-corrected chi connectivity index (χ2v) is 5.49. The largest absolute Gasteiger partial charge is 0.398 e. The zero-order chi connectivity index (χ0) is 14.0. The van der Waals surface area contributed by atoms with Gasteiger partial charge in [0, 0.05) is 15.7 Å². The molecule has 0 saturated carbocycles. The number of hydrogen-bond donors (Lipinski definition) is 3. The van der Waals surface area contributed by atoms with E-state index in [-0.39, 0.29) is 5.91 Å². The van der Waals surface area contributed by atoms with Gasteiger partial charge in [0.25, 0.3) is 11.8 Å². The van der Waals surface area contributed by atoms with Crippen LogP contribution in [0, 0.1) is 0 Å². The van der Waals surface area contributed by atoms with Gasteiger partial charge in [-0.3, -0.25) is 9.59 Å². The van der Waals surface area contributed by atoms with Crippen LogP contribution < -0.4 is 16.8 Å². The summed E-state index contributed by atoms with van der Waals surface area (Å²) in [6, 6.07) is 6.42. The Balaban J connectivity index is 2.23. The summed E-state index contributed by atoms with van der Waals surface area (Å²) in [5, 5.41) is 4.78. The third-order valence-electron chi connectivity index (χ3n) is 2.42. The number of nitrogens with two attached hydrogens (primary N) is 2. The summed E-state index contributed by atoms with van der Waals surface area (Å²) < 4.78 is 0.640. The summed E-state index contributed by atoms with van der Waals surface area (Å²) in [5.74, 6) is -0.902. The number of hydrogen-bond acceptors (Lipinski definition) is 4. The van der Waals surface area contributed by atoms with Crippen molar-refractivity contribution >= 4 is 49.8 Å². The highest BCUT2D eigenvalue weighted by molar-refractivity contribution is 9.10. The third-order valence-corrected chi connectivity index (χ3v) is 3.94. The summed E-state index contributed by atoms with van der Waals surface area (Å²) in [5.41, 5.74) is 12.1. The van der Waals surface area contributed by atoms with Crippen LogP contribution in [-0.4, -0.2) is 11.8 Å². The van der Waals surface area contributed by atoms with Gasteiger partial charge in [-0.15, -0.1) is 11.3 Å². The number of carbonyl (C=O) groups excluding carboxylic acids is 2. The number of rotatable bonds is 3. The van der Waals surface area contributed by atoms with E-state index in [9.17, 15) is 9.59 Å². The van der Waals surface area contributed by atoms with Crippen molar-refractivity contribution in [3.05, 3.63) is 45.2 Å². The van der Waals surface area contributed by atoms with E-state index < -0.39 is 5.91 Å². The minimum absolute atomic E-state index is 0.299. The average molecular weight is 340 g/mol. The van der Waals surface area contributed by atoms with Crippen molar-refractivity contribution in [3.63, 3.8) is 0 Å². The van der Waals surface area contributed by atoms with Crippen molar-refractivity contribution in [2.45, 2.75) is 0 Å². The molecule has 2 amide bonds. The van der Waals surface area contributed by atoms with Crippen LogP contribution in [0.4, 0.5) is 10.7 Å². The van der Waals surface area contributed by atoms with Gasteiger partial charge >= 0.3 is 0 Å². The minimum Gasteiger partial charge on any atom is -0.398 e. The van der Waals surface area contributed by atoms with Gasteiger partial charge in [-0.1, -0.05) is 0 Å². The number of thiophene rings is 1. The van der Waals surface area contributed by atoms with Crippen LogP contribution >= 0.6 is 27.3 Å². The quantitative estimate of drug-likeness (QED) is 0.749. The fourth-order valence-corrected chi connectivity index (χ4v) is 2.61. The smallest absolute Gasteiger partial charge is 0.256 e. The highest BCUT2D eigenvalue weighted by Crippen LogP contribution is 2.25. The molecule has 0 bridgehead atoms. The second kappa shape index (κ2) is 5.41. The molecule has 1 aromatic carbocycles. The van der Waals surface area contributed by atoms with Gasteiger partial charge in [-0.05, 0) is 45.6 Å². The molecule has 0 aliphatic rings. The van der Waals surface area contributed by atoms with Crippen molar-refractivity contribution in [2.24, 2.45) is 5.73 Å².